The minimum atomic E-state index is 0.431. The van der Waals surface area contributed by atoms with Crippen LogP contribution in [0.1, 0.15) is 69.0 Å². The van der Waals surface area contributed by atoms with Crippen LogP contribution >= 0.6 is 0 Å². The summed E-state index contributed by atoms with van der Waals surface area (Å²) in [5.41, 5.74) is 3.69. The Morgan fingerprint density at radius 2 is 1.75 bits per heavy atom. The number of rotatable bonds is 4. The van der Waals surface area contributed by atoms with Crippen LogP contribution in [0.5, 0.6) is 5.88 Å². The number of hydrogen-bond donors (Lipinski definition) is 0. The van der Waals surface area contributed by atoms with E-state index in [1.807, 2.05) is 6.20 Å². The Morgan fingerprint density at radius 3 is 2.43 bits per heavy atom. The maximum atomic E-state index is 9.73. The summed E-state index contributed by atoms with van der Waals surface area (Å²) in [5.74, 6) is 0.578. The third kappa shape index (κ3) is 2.69. The Balaban J connectivity index is 1.71. The first kappa shape index (κ1) is 17.3. The normalized spacial score (nSPS) is 18.1. The van der Waals surface area contributed by atoms with Crippen molar-refractivity contribution in [2.75, 3.05) is 7.11 Å². The molecule has 0 amide bonds. The van der Waals surface area contributed by atoms with Crippen molar-refractivity contribution < 1.29 is 4.74 Å². The molecule has 0 radical (unpaired) electrons. The molecule has 3 aromatic heterocycles. The van der Waals surface area contributed by atoms with Gasteiger partial charge in [0.15, 0.2) is 0 Å². The topological polar surface area (TPSA) is 68.7 Å². The van der Waals surface area contributed by atoms with Crippen LogP contribution in [-0.2, 0) is 0 Å². The lowest BCUT2D eigenvalue weighted by atomic mass is 10.1. The Bertz CT molecular complexity index is 1040. The molecule has 0 aromatic carbocycles. The maximum Gasteiger partial charge on any atom is 0.223 e. The van der Waals surface area contributed by atoms with Crippen LogP contribution in [-0.4, -0.2) is 26.4 Å². The Hall–Kier alpha value is -2.81. The molecule has 28 heavy (non-hydrogen) atoms. The molecule has 3 aromatic rings. The summed E-state index contributed by atoms with van der Waals surface area (Å²) in [6, 6.07) is 3.28. The van der Waals surface area contributed by atoms with Gasteiger partial charge >= 0.3 is 0 Å². The molecular weight excluding hydrogens is 350 g/mol. The predicted octanol–water partition coefficient (Wildman–Crippen LogP) is 5.01. The van der Waals surface area contributed by atoms with Gasteiger partial charge in [-0.1, -0.05) is 25.7 Å². The van der Waals surface area contributed by atoms with Crippen molar-refractivity contribution in [3.63, 3.8) is 0 Å². The van der Waals surface area contributed by atoms with Gasteiger partial charge in [0.1, 0.15) is 6.07 Å². The molecule has 0 atom stereocenters. The van der Waals surface area contributed by atoms with Gasteiger partial charge in [-0.3, -0.25) is 4.68 Å². The van der Waals surface area contributed by atoms with Gasteiger partial charge in [0.25, 0.3) is 0 Å². The van der Waals surface area contributed by atoms with Crippen molar-refractivity contribution >= 4 is 10.9 Å². The number of nitriles is 1. The number of methoxy groups -OCH3 is 1. The van der Waals surface area contributed by atoms with Gasteiger partial charge in [0, 0.05) is 29.6 Å². The molecule has 6 heteroatoms. The maximum absolute atomic E-state index is 9.73. The molecule has 2 fully saturated rings. The summed E-state index contributed by atoms with van der Waals surface area (Å²) in [6.45, 7) is 0. The molecule has 2 aliphatic carbocycles. The fraction of sp³-hybridized carbons (Fsp3) is 0.500. The first-order chi connectivity index (χ1) is 13.8. The molecule has 5 rings (SSSR count). The van der Waals surface area contributed by atoms with Gasteiger partial charge in [-0.15, -0.1) is 0 Å². The van der Waals surface area contributed by atoms with Gasteiger partial charge in [-0.25, -0.2) is 4.98 Å². The van der Waals surface area contributed by atoms with Crippen LogP contribution < -0.4 is 4.74 Å². The van der Waals surface area contributed by atoms with Crippen LogP contribution in [0.15, 0.2) is 24.8 Å². The Kier molecular flexibility index (Phi) is 4.31. The summed E-state index contributed by atoms with van der Waals surface area (Å²) < 4.78 is 10.0. The average Bonchev–Trinajstić information content (AvgIpc) is 3.51. The van der Waals surface area contributed by atoms with E-state index >= 15 is 0 Å². The van der Waals surface area contributed by atoms with Crippen molar-refractivity contribution in [3.05, 3.63) is 30.4 Å². The fourth-order valence-corrected chi connectivity index (χ4v) is 5.04. The fourth-order valence-electron chi connectivity index (χ4n) is 5.04. The largest absolute Gasteiger partial charge is 0.480 e. The highest BCUT2D eigenvalue weighted by molar-refractivity contribution is 6.01. The smallest absolute Gasteiger partial charge is 0.223 e. The summed E-state index contributed by atoms with van der Waals surface area (Å²) in [5, 5.41) is 15.3. The standard InChI is InChI=1S/C22H25N5O/c1-28-22-20-19(16-12-25-27(13-16)18-8-4-5-9-18)14-26(17-6-2-3-7-17)21(20)15(10-23)11-24-22/h11-14,17-18H,2-9H2,1H3. The van der Waals surface area contributed by atoms with Crippen molar-refractivity contribution in [3.8, 4) is 23.1 Å². The molecule has 0 spiro atoms. The summed E-state index contributed by atoms with van der Waals surface area (Å²) in [7, 11) is 1.65. The second kappa shape index (κ2) is 6.97. The van der Waals surface area contributed by atoms with Gasteiger partial charge in [-0.2, -0.15) is 10.4 Å². The molecular formula is C22H25N5O. The predicted molar refractivity (Wildman–Crippen MR) is 107 cm³/mol. The molecule has 3 heterocycles. The zero-order valence-corrected chi connectivity index (χ0v) is 16.3. The van der Waals surface area contributed by atoms with E-state index in [9.17, 15) is 5.26 Å². The van der Waals surface area contributed by atoms with Crippen molar-refractivity contribution in [2.24, 2.45) is 0 Å². The number of hydrogen-bond acceptors (Lipinski definition) is 4. The van der Waals surface area contributed by atoms with E-state index in [0.29, 0.717) is 23.5 Å². The zero-order valence-electron chi connectivity index (χ0n) is 16.3. The minimum absolute atomic E-state index is 0.431. The van der Waals surface area contributed by atoms with E-state index in [1.165, 1.54) is 38.5 Å². The van der Waals surface area contributed by atoms with Crippen molar-refractivity contribution in [2.45, 2.75) is 63.5 Å². The summed E-state index contributed by atoms with van der Waals surface area (Å²) >= 11 is 0. The number of ether oxygens (including phenoxy) is 1. The molecule has 6 nitrogen and oxygen atoms in total. The van der Waals surface area contributed by atoms with E-state index < -0.39 is 0 Å². The van der Waals surface area contributed by atoms with Crippen LogP contribution in [0.25, 0.3) is 22.0 Å². The monoisotopic (exact) mass is 375 g/mol. The van der Waals surface area contributed by atoms with Gasteiger partial charge in [-0.05, 0) is 25.7 Å². The second-order valence-corrected chi connectivity index (χ2v) is 8.05. The molecule has 0 saturated heterocycles. The lowest BCUT2D eigenvalue weighted by Gasteiger charge is -2.14. The minimum Gasteiger partial charge on any atom is -0.480 e. The van der Waals surface area contributed by atoms with E-state index in [-0.39, 0.29) is 0 Å². The Morgan fingerprint density at radius 1 is 1.04 bits per heavy atom. The highest BCUT2D eigenvalue weighted by atomic mass is 16.5. The van der Waals surface area contributed by atoms with E-state index in [1.54, 1.807) is 13.3 Å². The summed E-state index contributed by atoms with van der Waals surface area (Å²) in [4.78, 5) is 4.42. The van der Waals surface area contributed by atoms with Crippen molar-refractivity contribution in [1.29, 1.82) is 5.26 Å². The van der Waals surface area contributed by atoms with Crippen LogP contribution in [0.4, 0.5) is 0 Å². The lowest BCUT2D eigenvalue weighted by Crippen LogP contribution is -2.04. The molecule has 0 aliphatic heterocycles. The number of fused-ring (bicyclic) bond motifs is 1. The molecule has 2 aliphatic rings. The quantitative estimate of drug-likeness (QED) is 0.643. The first-order valence-electron chi connectivity index (χ1n) is 10.3. The van der Waals surface area contributed by atoms with E-state index in [2.05, 4.69) is 37.8 Å². The van der Waals surface area contributed by atoms with Gasteiger partial charge in [0.2, 0.25) is 5.88 Å². The number of nitrogens with zero attached hydrogens (tertiary/aromatic N) is 5. The van der Waals surface area contributed by atoms with Crippen LogP contribution in [0, 0.1) is 11.3 Å². The number of pyridine rings is 1. The molecule has 2 saturated carbocycles. The summed E-state index contributed by atoms with van der Waals surface area (Å²) in [6.07, 6.45) is 17.7. The van der Waals surface area contributed by atoms with E-state index in [4.69, 9.17) is 4.74 Å². The molecule has 144 valence electrons. The molecule has 0 unspecified atom stereocenters. The number of aromatic nitrogens is 4. The average molecular weight is 375 g/mol. The third-order valence-corrected chi connectivity index (χ3v) is 6.46. The molecule has 0 N–H and O–H groups in total. The van der Waals surface area contributed by atoms with Gasteiger partial charge in [0.05, 0.1) is 42.0 Å². The zero-order chi connectivity index (χ0) is 19.1. The first-order valence-corrected chi connectivity index (χ1v) is 10.3. The highest BCUT2D eigenvalue weighted by Crippen LogP contribution is 2.42. The second-order valence-electron chi connectivity index (χ2n) is 8.05. The highest BCUT2D eigenvalue weighted by Gasteiger charge is 2.26. The van der Waals surface area contributed by atoms with E-state index in [0.717, 1.165) is 34.9 Å². The van der Waals surface area contributed by atoms with Crippen LogP contribution in [0.2, 0.25) is 0 Å². The molecule has 0 bridgehead atoms. The van der Waals surface area contributed by atoms with Gasteiger partial charge < -0.3 is 9.30 Å². The van der Waals surface area contributed by atoms with Crippen molar-refractivity contribution in [1.82, 2.24) is 19.3 Å². The van der Waals surface area contributed by atoms with Crippen LogP contribution in [0.3, 0.4) is 0 Å². The Labute approximate surface area is 164 Å². The SMILES string of the molecule is COc1ncc(C#N)c2c1c(-c1cnn(C3CCCC3)c1)cn2C1CCCC1. The third-order valence-electron chi connectivity index (χ3n) is 6.46. The lowest BCUT2D eigenvalue weighted by molar-refractivity contribution is 0.403.